The van der Waals surface area contributed by atoms with Gasteiger partial charge in [-0.05, 0) is 30.7 Å². The summed E-state index contributed by atoms with van der Waals surface area (Å²) in [5.41, 5.74) is 3.88. The topological polar surface area (TPSA) is 58.9 Å². The Hall–Kier alpha value is -3.25. The molecule has 4 aromatic rings. The van der Waals surface area contributed by atoms with Crippen molar-refractivity contribution in [3.63, 3.8) is 0 Å². The van der Waals surface area contributed by atoms with Crippen molar-refractivity contribution in [2.45, 2.75) is 18.5 Å². The van der Waals surface area contributed by atoms with Crippen molar-refractivity contribution in [1.29, 1.82) is 0 Å². The average Bonchev–Trinajstić information content (AvgIpc) is 3.48. The highest BCUT2D eigenvalue weighted by molar-refractivity contribution is 5.81. The van der Waals surface area contributed by atoms with Crippen molar-refractivity contribution in [3.05, 3.63) is 67.0 Å². The van der Waals surface area contributed by atoms with Crippen LogP contribution in [-0.2, 0) is 0 Å². The molecule has 2 saturated heterocycles. The second-order valence-electron chi connectivity index (χ2n) is 7.50. The lowest BCUT2D eigenvalue weighted by Crippen LogP contribution is -2.44. The molecule has 2 unspecified atom stereocenters. The first-order valence-electron chi connectivity index (χ1n) is 9.72. The smallest absolute Gasteiger partial charge is 0.167 e. The molecule has 0 spiro atoms. The summed E-state index contributed by atoms with van der Waals surface area (Å²) in [6.07, 6.45) is 4.83. The number of rotatable bonds is 3. The van der Waals surface area contributed by atoms with Crippen molar-refractivity contribution >= 4 is 17.0 Å². The van der Waals surface area contributed by atoms with Crippen molar-refractivity contribution in [2.75, 3.05) is 18.0 Å². The van der Waals surface area contributed by atoms with Crippen LogP contribution in [0.25, 0.3) is 28.2 Å². The predicted molar refractivity (Wildman–Crippen MR) is 110 cm³/mol. The maximum atomic E-state index is 5.08. The lowest BCUT2D eigenvalue weighted by molar-refractivity contribution is 0.577. The molecule has 6 heteroatoms. The molecule has 138 valence electrons. The Kier molecular flexibility index (Phi) is 3.46. The monoisotopic (exact) mass is 368 g/mol. The third-order valence-corrected chi connectivity index (χ3v) is 5.79. The minimum Gasteiger partial charge on any atom is -0.351 e. The van der Waals surface area contributed by atoms with Crippen LogP contribution in [0.5, 0.6) is 0 Å². The van der Waals surface area contributed by atoms with E-state index in [4.69, 9.17) is 9.97 Å². The molecule has 2 atom stereocenters. The van der Waals surface area contributed by atoms with Crippen molar-refractivity contribution in [3.8, 4) is 17.1 Å². The lowest BCUT2D eigenvalue weighted by Gasteiger charge is -2.28. The molecule has 0 amide bonds. The van der Waals surface area contributed by atoms with Crippen LogP contribution < -0.4 is 10.2 Å². The van der Waals surface area contributed by atoms with Gasteiger partial charge in [0.15, 0.2) is 5.65 Å². The molecule has 1 aromatic carbocycles. The fourth-order valence-electron chi connectivity index (χ4n) is 4.47. The molecule has 0 saturated carbocycles. The largest absolute Gasteiger partial charge is 0.351 e. The fraction of sp³-hybridized carbons (Fsp3) is 0.227. The average molecular weight is 368 g/mol. The molecule has 2 aliphatic heterocycles. The summed E-state index contributed by atoms with van der Waals surface area (Å²) >= 11 is 0. The van der Waals surface area contributed by atoms with E-state index in [1.807, 2.05) is 42.7 Å². The van der Waals surface area contributed by atoms with Crippen LogP contribution >= 0.6 is 0 Å². The van der Waals surface area contributed by atoms with E-state index in [9.17, 15) is 0 Å². The van der Waals surface area contributed by atoms with Crippen LogP contribution in [0.3, 0.4) is 0 Å². The van der Waals surface area contributed by atoms with E-state index in [2.05, 4.69) is 44.0 Å². The number of imidazole rings is 1. The molecule has 2 fully saturated rings. The van der Waals surface area contributed by atoms with Gasteiger partial charge in [-0.25, -0.2) is 9.97 Å². The van der Waals surface area contributed by atoms with Crippen molar-refractivity contribution < 1.29 is 0 Å². The molecule has 1 N–H and O–H groups in total. The molecule has 0 aliphatic carbocycles. The van der Waals surface area contributed by atoms with E-state index in [-0.39, 0.29) is 0 Å². The minimum absolute atomic E-state index is 0.542. The van der Waals surface area contributed by atoms with E-state index in [1.165, 1.54) is 6.42 Å². The van der Waals surface area contributed by atoms with Crippen LogP contribution in [0.15, 0.2) is 67.0 Å². The number of benzene rings is 1. The quantitative estimate of drug-likeness (QED) is 0.602. The predicted octanol–water partition coefficient (Wildman–Crippen LogP) is 3.03. The van der Waals surface area contributed by atoms with Crippen LogP contribution in [0.4, 0.5) is 5.82 Å². The van der Waals surface area contributed by atoms with Gasteiger partial charge in [-0.15, -0.1) is 0 Å². The van der Waals surface area contributed by atoms with Gasteiger partial charge in [0.1, 0.15) is 17.2 Å². The van der Waals surface area contributed by atoms with E-state index < -0.39 is 0 Å². The van der Waals surface area contributed by atoms with E-state index in [0.29, 0.717) is 12.1 Å². The van der Waals surface area contributed by atoms with Gasteiger partial charge in [-0.1, -0.05) is 30.3 Å². The highest BCUT2D eigenvalue weighted by Crippen LogP contribution is 2.32. The van der Waals surface area contributed by atoms with Gasteiger partial charge in [-0.3, -0.25) is 9.55 Å². The molecular weight excluding hydrogens is 348 g/mol. The zero-order chi connectivity index (χ0) is 18.5. The summed E-state index contributed by atoms with van der Waals surface area (Å²) in [4.78, 5) is 16.6. The summed E-state index contributed by atoms with van der Waals surface area (Å²) < 4.78 is 2.14. The van der Waals surface area contributed by atoms with Gasteiger partial charge in [-0.2, -0.15) is 0 Å². The number of nitrogens with one attached hydrogen (secondary N) is 1. The van der Waals surface area contributed by atoms with E-state index >= 15 is 0 Å². The van der Waals surface area contributed by atoms with Crippen molar-refractivity contribution in [2.24, 2.45) is 0 Å². The Bertz CT molecular complexity index is 1140. The maximum Gasteiger partial charge on any atom is 0.167 e. The van der Waals surface area contributed by atoms with Crippen LogP contribution in [0, 0.1) is 0 Å². The molecule has 5 heterocycles. The van der Waals surface area contributed by atoms with Crippen LogP contribution in [0.2, 0.25) is 0 Å². The zero-order valence-corrected chi connectivity index (χ0v) is 15.4. The molecule has 28 heavy (non-hydrogen) atoms. The summed E-state index contributed by atoms with van der Waals surface area (Å²) in [5, 5.41) is 3.56. The number of piperazine rings is 1. The Morgan fingerprint density at radius 1 is 0.929 bits per heavy atom. The summed E-state index contributed by atoms with van der Waals surface area (Å²) in [7, 11) is 0. The Labute approximate surface area is 162 Å². The molecule has 6 rings (SSSR count). The maximum absolute atomic E-state index is 5.08. The summed E-state index contributed by atoms with van der Waals surface area (Å²) in [6.45, 7) is 2.07. The number of anilines is 1. The molecular formula is C22H20N6. The molecule has 0 radical (unpaired) electrons. The standard InChI is InChI=1S/C22H20N6/c1-2-4-15(5-3-1)21-25-19-6-7-20(27-14-16-12-18(27)13-24-16)26-22(19)28(21)17-8-10-23-11-9-17/h1-11,16,18,24H,12-14H2. The number of hydrogen-bond acceptors (Lipinski definition) is 5. The van der Waals surface area contributed by atoms with Gasteiger partial charge in [0.05, 0.1) is 5.69 Å². The highest BCUT2D eigenvalue weighted by Gasteiger charge is 2.38. The van der Waals surface area contributed by atoms with E-state index in [0.717, 1.165) is 47.1 Å². The summed E-state index contributed by atoms with van der Waals surface area (Å²) in [6, 6.07) is 19.6. The number of nitrogens with zero attached hydrogens (tertiary/aromatic N) is 5. The third-order valence-electron chi connectivity index (χ3n) is 5.79. The normalized spacial score (nSPS) is 20.9. The Morgan fingerprint density at radius 2 is 1.79 bits per heavy atom. The SMILES string of the molecule is c1ccc(-c2nc3ccc(N4CC5CC4CN5)nc3n2-c2ccncc2)cc1. The molecule has 6 nitrogen and oxygen atoms in total. The lowest BCUT2D eigenvalue weighted by atomic mass is 10.2. The van der Waals surface area contributed by atoms with Crippen LogP contribution in [-0.4, -0.2) is 44.7 Å². The van der Waals surface area contributed by atoms with Gasteiger partial charge < -0.3 is 10.2 Å². The highest BCUT2D eigenvalue weighted by atomic mass is 15.3. The van der Waals surface area contributed by atoms with E-state index in [1.54, 1.807) is 0 Å². The number of aromatic nitrogens is 4. The zero-order valence-electron chi connectivity index (χ0n) is 15.4. The third kappa shape index (κ3) is 2.42. The minimum atomic E-state index is 0.542. The Balaban J connectivity index is 1.56. The van der Waals surface area contributed by atoms with Gasteiger partial charge in [0.2, 0.25) is 0 Å². The first-order chi connectivity index (χ1) is 13.9. The number of pyridine rings is 2. The van der Waals surface area contributed by atoms with Gasteiger partial charge >= 0.3 is 0 Å². The second kappa shape index (κ2) is 6.14. The van der Waals surface area contributed by atoms with Gasteiger partial charge in [0.25, 0.3) is 0 Å². The van der Waals surface area contributed by atoms with Crippen molar-refractivity contribution in [1.82, 2.24) is 24.8 Å². The second-order valence-corrected chi connectivity index (χ2v) is 7.50. The first kappa shape index (κ1) is 15.8. The molecule has 3 aromatic heterocycles. The summed E-state index contributed by atoms with van der Waals surface area (Å²) in [5.74, 6) is 1.94. The molecule has 2 bridgehead atoms. The number of hydrogen-bond donors (Lipinski definition) is 1. The van der Waals surface area contributed by atoms with Gasteiger partial charge in [0, 0.05) is 43.1 Å². The Morgan fingerprint density at radius 3 is 2.54 bits per heavy atom. The molecule has 2 aliphatic rings. The van der Waals surface area contributed by atoms with Crippen LogP contribution in [0.1, 0.15) is 6.42 Å². The number of fused-ring (bicyclic) bond motifs is 3. The first-order valence-corrected chi connectivity index (χ1v) is 9.72. The fourth-order valence-corrected chi connectivity index (χ4v) is 4.47.